The molecule has 7 heteroatoms. The van der Waals surface area contributed by atoms with E-state index in [4.69, 9.17) is 20.8 Å². The zero-order valence-corrected chi connectivity index (χ0v) is 17.1. The summed E-state index contributed by atoms with van der Waals surface area (Å²) >= 11 is 5.91. The minimum absolute atomic E-state index is 0.141. The van der Waals surface area contributed by atoms with Crippen molar-refractivity contribution in [3.63, 3.8) is 0 Å². The molecule has 0 unspecified atom stereocenters. The molecule has 1 fully saturated rings. The van der Waals surface area contributed by atoms with Crippen molar-refractivity contribution in [1.29, 1.82) is 0 Å². The van der Waals surface area contributed by atoms with Gasteiger partial charge in [-0.3, -0.25) is 4.79 Å². The van der Waals surface area contributed by atoms with Crippen LogP contribution in [0.3, 0.4) is 0 Å². The van der Waals surface area contributed by atoms with Gasteiger partial charge in [-0.05, 0) is 70.0 Å². The Labute approximate surface area is 169 Å². The summed E-state index contributed by atoms with van der Waals surface area (Å²) in [4.78, 5) is 26.5. The fraction of sp³-hybridized carbons (Fsp3) is 0.429. The summed E-state index contributed by atoms with van der Waals surface area (Å²) in [6.45, 7) is 6.51. The number of amides is 2. The van der Waals surface area contributed by atoms with Crippen molar-refractivity contribution in [3.05, 3.63) is 47.2 Å². The first-order valence-electron chi connectivity index (χ1n) is 9.36. The molecule has 1 aliphatic rings. The number of halogens is 1. The second-order valence-electron chi connectivity index (χ2n) is 7.91. The van der Waals surface area contributed by atoms with E-state index in [2.05, 4.69) is 5.32 Å². The van der Waals surface area contributed by atoms with Gasteiger partial charge in [-0.15, -0.1) is 0 Å². The fourth-order valence-corrected chi connectivity index (χ4v) is 3.26. The van der Waals surface area contributed by atoms with E-state index in [1.54, 1.807) is 29.2 Å². The number of furan rings is 1. The van der Waals surface area contributed by atoms with Gasteiger partial charge >= 0.3 is 6.09 Å². The number of carbonyl (C=O) groups is 2. The normalized spacial score (nSPS) is 17.3. The Kier molecular flexibility index (Phi) is 5.98. The third-order valence-corrected chi connectivity index (χ3v) is 4.63. The number of hydrogen-bond donors (Lipinski definition) is 1. The third-order valence-electron chi connectivity index (χ3n) is 4.37. The van der Waals surface area contributed by atoms with Crippen LogP contribution in [-0.2, 0) is 4.74 Å². The summed E-state index contributed by atoms with van der Waals surface area (Å²) < 4.78 is 11.1. The Bertz CT molecular complexity index is 839. The Morgan fingerprint density at radius 1 is 1.18 bits per heavy atom. The minimum atomic E-state index is -0.555. The van der Waals surface area contributed by atoms with Crippen LogP contribution in [0.15, 0.2) is 40.8 Å². The zero-order valence-electron chi connectivity index (χ0n) is 16.3. The molecule has 1 atom stereocenters. The fourth-order valence-electron chi connectivity index (χ4n) is 3.13. The quantitative estimate of drug-likeness (QED) is 0.802. The molecular weight excluding hydrogens is 380 g/mol. The van der Waals surface area contributed by atoms with Crippen molar-refractivity contribution in [1.82, 2.24) is 10.2 Å². The Balaban J connectivity index is 1.62. The first kappa shape index (κ1) is 20.3. The third kappa shape index (κ3) is 5.29. The predicted molar refractivity (Wildman–Crippen MR) is 107 cm³/mol. The largest absolute Gasteiger partial charge is 0.451 e. The number of nitrogens with zero attached hydrogens (tertiary/aromatic N) is 1. The average Bonchev–Trinajstić information content (AvgIpc) is 3.10. The summed E-state index contributed by atoms with van der Waals surface area (Å²) in [5.74, 6) is 0.708. The molecule has 1 aromatic heterocycles. The summed E-state index contributed by atoms with van der Waals surface area (Å²) in [6.07, 6.45) is 1.14. The molecule has 2 amide bonds. The lowest BCUT2D eigenvalue weighted by Gasteiger charge is -2.33. The molecule has 0 aliphatic carbocycles. The standard InChI is InChI=1S/C21H25ClN2O4/c1-21(2,3)28-20(26)23-16-5-4-12-24(13-16)19(25)18-11-10-17(27-18)14-6-8-15(22)9-7-14/h6-11,16H,4-5,12-13H2,1-3H3,(H,23,26)/t16-/m0/s1. The summed E-state index contributed by atoms with van der Waals surface area (Å²) in [6, 6.07) is 10.6. The number of ether oxygens (including phenoxy) is 1. The number of likely N-dealkylation sites (tertiary alicyclic amines) is 1. The van der Waals surface area contributed by atoms with Crippen LogP contribution in [0, 0.1) is 0 Å². The number of carbonyl (C=O) groups excluding carboxylic acids is 2. The maximum atomic E-state index is 12.8. The van der Waals surface area contributed by atoms with E-state index in [-0.39, 0.29) is 17.7 Å². The van der Waals surface area contributed by atoms with Crippen LogP contribution in [0.2, 0.25) is 5.02 Å². The predicted octanol–water partition coefficient (Wildman–Crippen LogP) is 4.73. The molecule has 3 rings (SSSR count). The molecule has 150 valence electrons. The van der Waals surface area contributed by atoms with Crippen LogP contribution in [0.5, 0.6) is 0 Å². The summed E-state index contributed by atoms with van der Waals surface area (Å²) in [7, 11) is 0. The van der Waals surface area contributed by atoms with Gasteiger partial charge in [0.2, 0.25) is 0 Å². The van der Waals surface area contributed by atoms with Crippen LogP contribution < -0.4 is 5.32 Å². The van der Waals surface area contributed by atoms with Crippen molar-refractivity contribution in [2.24, 2.45) is 0 Å². The lowest BCUT2D eigenvalue weighted by Crippen LogP contribution is -2.50. The van der Waals surface area contributed by atoms with Crippen molar-refractivity contribution in [2.75, 3.05) is 13.1 Å². The molecule has 0 spiro atoms. The lowest BCUT2D eigenvalue weighted by molar-refractivity contribution is 0.0447. The van der Waals surface area contributed by atoms with Gasteiger partial charge in [0, 0.05) is 29.7 Å². The van der Waals surface area contributed by atoms with E-state index in [9.17, 15) is 9.59 Å². The molecule has 2 aromatic rings. The van der Waals surface area contributed by atoms with E-state index >= 15 is 0 Å². The number of piperidine rings is 1. The minimum Gasteiger partial charge on any atom is -0.451 e. The van der Waals surface area contributed by atoms with Gasteiger partial charge in [0.25, 0.3) is 5.91 Å². The number of benzene rings is 1. The highest BCUT2D eigenvalue weighted by Crippen LogP contribution is 2.25. The first-order chi connectivity index (χ1) is 13.2. The molecule has 1 N–H and O–H groups in total. The van der Waals surface area contributed by atoms with Gasteiger partial charge in [0.1, 0.15) is 11.4 Å². The molecule has 2 heterocycles. The number of alkyl carbamates (subject to hydrolysis) is 1. The molecule has 0 bridgehead atoms. The van der Waals surface area contributed by atoms with Gasteiger partial charge < -0.3 is 19.4 Å². The summed E-state index contributed by atoms with van der Waals surface area (Å²) in [5.41, 5.74) is 0.298. The second kappa shape index (κ2) is 8.27. The van der Waals surface area contributed by atoms with Crippen molar-refractivity contribution in [3.8, 4) is 11.3 Å². The molecular formula is C21H25ClN2O4. The molecule has 1 aliphatic heterocycles. The maximum absolute atomic E-state index is 12.8. The molecule has 1 saturated heterocycles. The van der Waals surface area contributed by atoms with Crippen LogP contribution in [0.4, 0.5) is 4.79 Å². The number of hydrogen-bond acceptors (Lipinski definition) is 4. The maximum Gasteiger partial charge on any atom is 0.407 e. The summed E-state index contributed by atoms with van der Waals surface area (Å²) in [5, 5.41) is 3.49. The molecule has 6 nitrogen and oxygen atoms in total. The van der Waals surface area contributed by atoms with Crippen LogP contribution in [-0.4, -0.2) is 41.6 Å². The highest BCUT2D eigenvalue weighted by atomic mass is 35.5. The highest BCUT2D eigenvalue weighted by molar-refractivity contribution is 6.30. The molecule has 0 radical (unpaired) electrons. The Morgan fingerprint density at radius 3 is 2.57 bits per heavy atom. The topological polar surface area (TPSA) is 71.8 Å². The van der Waals surface area contributed by atoms with Crippen LogP contribution in [0.25, 0.3) is 11.3 Å². The van der Waals surface area contributed by atoms with E-state index in [0.29, 0.717) is 23.9 Å². The zero-order chi connectivity index (χ0) is 20.3. The van der Waals surface area contributed by atoms with Crippen molar-refractivity contribution < 1.29 is 18.7 Å². The van der Waals surface area contributed by atoms with Crippen LogP contribution in [0.1, 0.15) is 44.2 Å². The van der Waals surface area contributed by atoms with Gasteiger partial charge in [-0.1, -0.05) is 11.6 Å². The van der Waals surface area contributed by atoms with Crippen LogP contribution >= 0.6 is 11.6 Å². The highest BCUT2D eigenvalue weighted by Gasteiger charge is 2.28. The van der Waals surface area contributed by atoms with Crippen molar-refractivity contribution >= 4 is 23.6 Å². The SMILES string of the molecule is CC(C)(C)OC(=O)N[C@H]1CCCN(C(=O)c2ccc(-c3ccc(Cl)cc3)o2)C1. The Hall–Kier alpha value is -2.47. The van der Waals surface area contributed by atoms with Crippen molar-refractivity contribution in [2.45, 2.75) is 45.3 Å². The second-order valence-corrected chi connectivity index (χ2v) is 8.34. The molecule has 1 aromatic carbocycles. The van der Waals surface area contributed by atoms with E-state index < -0.39 is 11.7 Å². The van der Waals surface area contributed by atoms with E-state index in [1.165, 1.54) is 0 Å². The monoisotopic (exact) mass is 404 g/mol. The van der Waals surface area contributed by atoms with E-state index in [0.717, 1.165) is 18.4 Å². The Morgan fingerprint density at radius 2 is 1.89 bits per heavy atom. The number of nitrogens with one attached hydrogen (secondary N) is 1. The van der Waals surface area contributed by atoms with E-state index in [1.807, 2.05) is 32.9 Å². The molecule has 0 saturated carbocycles. The lowest BCUT2D eigenvalue weighted by atomic mass is 10.1. The van der Waals surface area contributed by atoms with Gasteiger partial charge in [-0.25, -0.2) is 4.79 Å². The number of rotatable bonds is 3. The van der Waals surface area contributed by atoms with Gasteiger partial charge in [0.05, 0.1) is 0 Å². The smallest absolute Gasteiger partial charge is 0.407 e. The van der Waals surface area contributed by atoms with Gasteiger partial charge in [-0.2, -0.15) is 0 Å². The first-order valence-corrected chi connectivity index (χ1v) is 9.73. The van der Waals surface area contributed by atoms with Gasteiger partial charge in [0.15, 0.2) is 5.76 Å². The average molecular weight is 405 g/mol. The molecule has 28 heavy (non-hydrogen) atoms.